The van der Waals surface area contributed by atoms with E-state index in [9.17, 15) is 26.4 Å². The SMILES string of the molecule is CC(C)S(=O)(=O)NC(=O)C[C@@H](c1ccccc1)C(F)(F)F. The standard InChI is InChI=1S/C13H16F3NO3S/c1-9(2)21(19,20)17-12(18)8-11(13(14,15)16)10-6-4-3-5-7-10/h3-7,9,11H,8H2,1-2H3,(H,17,18)/t11-/m0/s1. The highest BCUT2D eigenvalue weighted by molar-refractivity contribution is 7.90. The van der Waals surface area contributed by atoms with Crippen molar-refractivity contribution in [2.75, 3.05) is 0 Å². The van der Waals surface area contributed by atoms with Crippen molar-refractivity contribution in [2.24, 2.45) is 0 Å². The number of sulfonamides is 1. The van der Waals surface area contributed by atoms with Gasteiger partial charge in [-0.2, -0.15) is 13.2 Å². The molecule has 8 heteroatoms. The fourth-order valence-electron chi connectivity index (χ4n) is 1.61. The third-order valence-electron chi connectivity index (χ3n) is 2.86. The molecule has 0 aliphatic carbocycles. The number of carbonyl (C=O) groups is 1. The Hall–Kier alpha value is -1.57. The van der Waals surface area contributed by atoms with Gasteiger partial charge in [0.1, 0.15) is 0 Å². The van der Waals surface area contributed by atoms with Gasteiger partial charge in [-0.3, -0.25) is 9.52 Å². The first-order valence-electron chi connectivity index (χ1n) is 6.20. The van der Waals surface area contributed by atoms with Gasteiger partial charge in [0.25, 0.3) is 0 Å². The number of hydrogen-bond acceptors (Lipinski definition) is 3. The van der Waals surface area contributed by atoms with Crippen LogP contribution in [0.3, 0.4) is 0 Å². The number of benzene rings is 1. The van der Waals surface area contributed by atoms with Crippen molar-refractivity contribution in [3.8, 4) is 0 Å². The van der Waals surface area contributed by atoms with Gasteiger partial charge in [-0.25, -0.2) is 8.42 Å². The second-order valence-corrected chi connectivity index (χ2v) is 7.06. The van der Waals surface area contributed by atoms with Gasteiger partial charge in [0.2, 0.25) is 15.9 Å². The van der Waals surface area contributed by atoms with Crippen molar-refractivity contribution in [1.82, 2.24) is 4.72 Å². The summed E-state index contributed by atoms with van der Waals surface area (Å²) in [5.41, 5.74) is -0.0814. The maximum absolute atomic E-state index is 13.0. The zero-order valence-corrected chi connectivity index (χ0v) is 12.3. The number of alkyl halides is 3. The van der Waals surface area contributed by atoms with Crippen LogP contribution in [0.1, 0.15) is 31.7 Å². The van der Waals surface area contributed by atoms with E-state index in [1.165, 1.54) is 38.1 Å². The molecule has 0 unspecified atom stereocenters. The molecule has 1 amide bonds. The lowest BCUT2D eigenvalue weighted by Gasteiger charge is -2.20. The first-order chi connectivity index (χ1) is 9.54. The minimum Gasteiger partial charge on any atom is -0.274 e. The number of amides is 1. The normalized spacial score (nSPS) is 14.0. The van der Waals surface area contributed by atoms with Crippen molar-refractivity contribution < 1.29 is 26.4 Å². The minimum absolute atomic E-state index is 0.0814. The molecule has 0 aliphatic heterocycles. The number of hydrogen-bond donors (Lipinski definition) is 1. The number of carbonyl (C=O) groups excluding carboxylic acids is 1. The van der Waals surface area contributed by atoms with E-state index < -0.39 is 39.7 Å². The third-order valence-corrected chi connectivity index (χ3v) is 4.62. The van der Waals surface area contributed by atoms with E-state index in [1.807, 2.05) is 0 Å². The third kappa shape index (κ3) is 5.04. The molecular formula is C13H16F3NO3S. The summed E-state index contributed by atoms with van der Waals surface area (Å²) in [6, 6.07) is 6.92. The van der Waals surface area contributed by atoms with Crippen LogP contribution in [-0.2, 0) is 14.8 Å². The molecule has 1 rings (SSSR count). The predicted molar refractivity (Wildman–Crippen MR) is 72.1 cm³/mol. The van der Waals surface area contributed by atoms with E-state index in [-0.39, 0.29) is 5.56 Å². The Balaban J connectivity index is 2.92. The summed E-state index contributed by atoms with van der Waals surface area (Å²) in [7, 11) is -3.94. The fourth-order valence-corrected chi connectivity index (χ4v) is 2.25. The lowest BCUT2D eigenvalue weighted by atomic mass is 9.95. The Morgan fingerprint density at radius 2 is 1.71 bits per heavy atom. The van der Waals surface area contributed by atoms with Crippen LogP contribution in [0, 0.1) is 0 Å². The van der Waals surface area contributed by atoms with Gasteiger partial charge in [-0.05, 0) is 19.4 Å². The van der Waals surface area contributed by atoms with Gasteiger partial charge in [-0.15, -0.1) is 0 Å². The highest BCUT2D eigenvalue weighted by Crippen LogP contribution is 2.37. The first-order valence-corrected chi connectivity index (χ1v) is 7.75. The van der Waals surface area contributed by atoms with E-state index in [1.54, 1.807) is 10.8 Å². The molecule has 0 spiro atoms. The van der Waals surface area contributed by atoms with E-state index in [2.05, 4.69) is 0 Å². The summed E-state index contributed by atoms with van der Waals surface area (Å²) in [6.45, 7) is 2.65. The maximum Gasteiger partial charge on any atom is 0.396 e. The molecule has 1 aromatic rings. The molecule has 0 radical (unpaired) electrons. The average molecular weight is 323 g/mol. The van der Waals surface area contributed by atoms with Crippen LogP contribution in [0.5, 0.6) is 0 Å². The zero-order chi connectivity index (χ0) is 16.3. The molecule has 0 aromatic heterocycles. The van der Waals surface area contributed by atoms with Crippen molar-refractivity contribution in [2.45, 2.75) is 37.6 Å². The highest BCUT2D eigenvalue weighted by atomic mass is 32.2. The van der Waals surface area contributed by atoms with Crippen LogP contribution >= 0.6 is 0 Å². The monoisotopic (exact) mass is 323 g/mol. The van der Waals surface area contributed by atoms with Crippen molar-refractivity contribution in [3.63, 3.8) is 0 Å². The molecular weight excluding hydrogens is 307 g/mol. The van der Waals surface area contributed by atoms with Gasteiger partial charge in [-0.1, -0.05) is 30.3 Å². The first kappa shape index (κ1) is 17.5. The van der Waals surface area contributed by atoms with Gasteiger partial charge in [0.05, 0.1) is 11.2 Å². The summed E-state index contributed by atoms with van der Waals surface area (Å²) in [5.74, 6) is -3.21. The maximum atomic E-state index is 13.0. The largest absolute Gasteiger partial charge is 0.396 e. The Bertz CT molecular complexity index is 582. The molecule has 4 nitrogen and oxygen atoms in total. The average Bonchev–Trinajstić information content (AvgIpc) is 2.35. The van der Waals surface area contributed by atoms with E-state index >= 15 is 0 Å². The van der Waals surface area contributed by atoms with Gasteiger partial charge < -0.3 is 0 Å². The Kier molecular flexibility index (Phi) is 5.38. The molecule has 1 N–H and O–H groups in total. The van der Waals surface area contributed by atoms with Crippen LogP contribution < -0.4 is 4.72 Å². The highest BCUT2D eigenvalue weighted by Gasteiger charge is 2.42. The molecule has 0 saturated carbocycles. The van der Waals surface area contributed by atoms with E-state index in [4.69, 9.17) is 0 Å². The molecule has 0 fully saturated rings. The second-order valence-electron chi connectivity index (χ2n) is 4.83. The van der Waals surface area contributed by atoms with Crippen LogP contribution in [-0.4, -0.2) is 25.8 Å². The van der Waals surface area contributed by atoms with Gasteiger partial charge in [0.15, 0.2) is 0 Å². The Morgan fingerprint density at radius 1 is 1.19 bits per heavy atom. The molecule has 21 heavy (non-hydrogen) atoms. The lowest BCUT2D eigenvalue weighted by Crippen LogP contribution is -2.38. The van der Waals surface area contributed by atoms with Crippen LogP contribution in [0.4, 0.5) is 13.2 Å². The topological polar surface area (TPSA) is 63.2 Å². The molecule has 0 heterocycles. The molecule has 0 saturated heterocycles. The summed E-state index contributed by atoms with van der Waals surface area (Å²) in [5, 5.41) is -0.900. The van der Waals surface area contributed by atoms with Crippen LogP contribution in [0.15, 0.2) is 30.3 Å². The van der Waals surface area contributed by atoms with Crippen molar-refractivity contribution in [3.05, 3.63) is 35.9 Å². The second kappa shape index (κ2) is 6.46. The molecule has 0 aliphatic rings. The van der Waals surface area contributed by atoms with Crippen molar-refractivity contribution >= 4 is 15.9 Å². The molecule has 0 bridgehead atoms. The fraction of sp³-hybridized carbons (Fsp3) is 0.462. The quantitative estimate of drug-likeness (QED) is 0.906. The number of rotatable bonds is 5. The predicted octanol–water partition coefficient (Wildman–Crippen LogP) is 2.58. The van der Waals surface area contributed by atoms with Crippen LogP contribution in [0.25, 0.3) is 0 Å². The van der Waals surface area contributed by atoms with Crippen LogP contribution in [0.2, 0.25) is 0 Å². The zero-order valence-electron chi connectivity index (χ0n) is 11.5. The summed E-state index contributed by atoms with van der Waals surface area (Å²) < 4.78 is 63.7. The van der Waals surface area contributed by atoms with Gasteiger partial charge in [0, 0.05) is 6.42 Å². The molecule has 1 atom stereocenters. The lowest BCUT2D eigenvalue weighted by molar-refractivity contribution is -0.156. The van der Waals surface area contributed by atoms with Gasteiger partial charge >= 0.3 is 6.18 Å². The Morgan fingerprint density at radius 3 is 2.14 bits per heavy atom. The number of nitrogens with one attached hydrogen (secondary N) is 1. The number of halogens is 3. The van der Waals surface area contributed by atoms with E-state index in [0.29, 0.717) is 0 Å². The summed E-state index contributed by atoms with van der Waals surface area (Å²) >= 11 is 0. The van der Waals surface area contributed by atoms with Crippen molar-refractivity contribution in [1.29, 1.82) is 0 Å². The minimum atomic E-state index is -4.64. The summed E-state index contributed by atoms with van der Waals surface area (Å²) in [6.07, 6.45) is -5.61. The molecule has 1 aromatic carbocycles. The molecule has 118 valence electrons. The summed E-state index contributed by atoms with van der Waals surface area (Å²) in [4.78, 5) is 11.6. The Labute approximate surface area is 121 Å². The smallest absolute Gasteiger partial charge is 0.274 e. The van der Waals surface area contributed by atoms with E-state index in [0.717, 1.165) is 0 Å².